The SMILES string of the molecule is Cc1nc2ccccn2c1-c1nc(C(=O)N(C(C)C)[C@H]2CCNC2)cs1.Cl. The van der Waals surface area contributed by atoms with Gasteiger partial charge in [-0.15, -0.1) is 23.7 Å². The summed E-state index contributed by atoms with van der Waals surface area (Å²) in [4.78, 5) is 24.4. The molecule has 1 saturated heterocycles. The van der Waals surface area contributed by atoms with E-state index in [4.69, 9.17) is 0 Å². The van der Waals surface area contributed by atoms with Crippen molar-refractivity contribution in [1.82, 2.24) is 24.6 Å². The van der Waals surface area contributed by atoms with Crippen molar-refractivity contribution in [3.63, 3.8) is 0 Å². The van der Waals surface area contributed by atoms with Crippen LogP contribution in [0, 0.1) is 6.92 Å². The molecule has 6 nitrogen and oxygen atoms in total. The van der Waals surface area contributed by atoms with Crippen molar-refractivity contribution in [2.75, 3.05) is 13.1 Å². The van der Waals surface area contributed by atoms with Crippen LogP contribution in [0.1, 0.15) is 36.5 Å². The van der Waals surface area contributed by atoms with Crippen LogP contribution < -0.4 is 5.32 Å². The number of rotatable bonds is 4. The zero-order chi connectivity index (χ0) is 18.3. The summed E-state index contributed by atoms with van der Waals surface area (Å²) >= 11 is 1.50. The predicted octanol–water partition coefficient (Wildman–Crippen LogP) is 3.40. The predicted molar refractivity (Wildman–Crippen MR) is 111 cm³/mol. The number of aromatic nitrogens is 3. The van der Waals surface area contributed by atoms with E-state index in [-0.39, 0.29) is 30.4 Å². The molecule has 0 aliphatic carbocycles. The number of hydrogen-bond donors (Lipinski definition) is 1. The molecule has 0 saturated carbocycles. The largest absolute Gasteiger partial charge is 0.331 e. The number of thiazole rings is 1. The first-order chi connectivity index (χ1) is 12.6. The van der Waals surface area contributed by atoms with E-state index in [2.05, 4.69) is 29.1 Å². The van der Waals surface area contributed by atoms with Crippen LogP contribution in [0.15, 0.2) is 29.8 Å². The van der Waals surface area contributed by atoms with Gasteiger partial charge in [0, 0.05) is 30.2 Å². The summed E-state index contributed by atoms with van der Waals surface area (Å²) in [6, 6.07) is 6.31. The van der Waals surface area contributed by atoms with Gasteiger partial charge in [0.05, 0.1) is 5.69 Å². The third-order valence-electron chi connectivity index (χ3n) is 4.85. The monoisotopic (exact) mass is 405 g/mol. The zero-order valence-corrected chi connectivity index (χ0v) is 17.3. The molecule has 8 heteroatoms. The second kappa shape index (κ2) is 7.96. The Bertz CT molecular complexity index is 945. The fourth-order valence-corrected chi connectivity index (χ4v) is 4.57. The first kappa shape index (κ1) is 19.8. The highest BCUT2D eigenvalue weighted by molar-refractivity contribution is 7.13. The van der Waals surface area contributed by atoms with E-state index in [1.165, 1.54) is 11.3 Å². The number of pyridine rings is 1. The molecule has 144 valence electrons. The third-order valence-corrected chi connectivity index (χ3v) is 5.70. The number of carbonyl (C=O) groups excluding carboxylic acids is 1. The van der Waals surface area contributed by atoms with Gasteiger partial charge in [-0.2, -0.15) is 0 Å². The Morgan fingerprint density at radius 2 is 2.19 bits per heavy atom. The van der Waals surface area contributed by atoms with Crippen LogP contribution in [-0.2, 0) is 0 Å². The van der Waals surface area contributed by atoms with Gasteiger partial charge >= 0.3 is 0 Å². The van der Waals surface area contributed by atoms with Crippen LogP contribution in [0.2, 0.25) is 0 Å². The number of hydrogen-bond acceptors (Lipinski definition) is 5. The molecule has 1 fully saturated rings. The van der Waals surface area contributed by atoms with Gasteiger partial charge in [-0.25, -0.2) is 9.97 Å². The van der Waals surface area contributed by atoms with Crippen LogP contribution in [0.5, 0.6) is 0 Å². The van der Waals surface area contributed by atoms with Crippen LogP contribution in [-0.4, -0.2) is 50.3 Å². The van der Waals surface area contributed by atoms with E-state index in [1.54, 1.807) is 0 Å². The van der Waals surface area contributed by atoms with Crippen molar-refractivity contribution in [2.24, 2.45) is 0 Å². The van der Waals surface area contributed by atoms with Crippen molar-refractivity contribution in [3.05, 3.63) is 41.2 Å². The van der Waals surface area contributed by atoms with Crippen LogP contribution in [0.3, 0.4) is 0 Å². The first-order valence-electron chi connectivity index (χ1n) is 8.99. The quantitative estimate of drug-likeness (QED) is 0.722. The Kier molecular flexibility index (Phi) is 5.83. The van der Waals surface area contributed by atoms with E-state index in [0.717, 1.165) is 41.6 Å². The van der Waals surface area contributed by atoms with E-state index < -0.39 is 0 Å². The highest BCUT2D eigenvalue weighted by Gasteiger charge is 2.31. The van der Waals surface area contributed by atoms with E-state index >= 15 is 0 Å². The average Bonchev–Trinajstić information content (AvgIpc) is 3.32. The lowest BCUT2D eigenvalue weighted by molar-refractivity contribution is 0.0621. The molecule has 1 atom stereocenters. The summed E-state index contributed by atoms with van der Waals surface area (Å²) in [5.41, 5.74) is 3.30. The second-order valence-corrected chi connectivity index (χ2v) is 7.82. The molecule has 1 N–H and O–H groups in total. The average molecular weight is 406 g/mol. The molecular formula is C19H24ClN5OS. The molecule has 0 bridgehead atoms. The molecule has 1 amide bonds. The fourth-order valence-electron chi connectivity index (χ4n) is 3.68. The molecule has 4 heterocycles. The van der Waals surface area contributed by atoms with Crippen molar-refractivity contribution < 1.29 is 4.79 Å². The van der Waals surface area contributed by atoms with E-state index in [9.17, 15) is 4.79 Å². The summed E-state index contributed by atoms with van der Waals surface area (Å²) in [6.45, 7) is 7.93. The normalized spacial score (nSPS) is 16.7. The molecule has 4 rings (SSSR count). The maximum atomic E-state index is 13.1. The van der Waals surface area contributed by atoms with Gasteiger partial charge in [-0.3, -0.25) is 9.20 Å². The lowest BCUT2D eigenvalue weighted by Crippen LogP contribution is -2.46. The molecule has 0 unspecified atom stereocenters. The van der Waals surface area contributed by atoms with Crippen molar-refractivity contribution in [2.45, 2.75) is 39.3 Å². The van der Waals surface area contributed by atoms with Gasteiger partial charge in [-0.05, 0) is 45.9 Å². The number of imidazole rings is 1. The van der Waals surface area contributed by atoms with E-state index in [0.29, 0.717) is 5.69 Å². The summed E-state index contributed by atoms with van der Waals surface area (Å²) in [6.07, 6.45) is 2.98. The molecule has 3 aromatic heterocycles. The molecule has 0 spiro atoms. The van der Waals surface area contributed by atoms with Crippen LogP contribution >= 0.6 is 23.7 Å². The maximum absolute atomic E-state index is 13.1. The number of halogens is 1. The molecule has 0 radical (unpaired) electrons. The van der Waals surface area contributed by atoms with Crippen molar-refractivity contribution in [1.29, 1.82) is 0 Å². The van der Waals surface area contributed by atoms with Gasteiger partial charge in [0.15, 0.2) is 0 Å². The van der Waals surface area contributed by atoms with Crippen molar-refractivity contribution in [3.8, 4) is 10.7 Å². The van der Waals surface area contributed by atoms with Gasteiger partial charge in [0.2, 0.25) is 0 Å². The first-order valence-corrected chi connectivity index (χ1v) is 9.87. The van der Waals surface area contributed by atoms with Gasteiger partial charge in [0.1, 0.15) is 22.0 Å². The lowest BCUT2D eigenvalue weighted by atomic mass is 10.1. The number of carbonyl (C=O) groups is 1. The van der Waals surface area contributed by atoms with E-state index in [1.807, 2.05) is 46.0 Å². The maximum Gasteiger partial charge on any atom is 0.273 e. The molecule has 1 aliphatic rings. The van der Waals surface area contributed by atoms with Crippen LogP contribution in [0.4, 0.5) is 0 Å². The summed E-state index contributed by atoms with van der Waals surface area (Å²) < 4.78 is 2.03. The standard InChI is InChI=1S/C19H23N5OS.ClH/c1-12(2)24(14-7-8-20-10-14)19(25)15-11-26-18(22-15)17-13(3)21-16-6-4-5-9-23(16)17;/h4-6,9,11-12,14,20H,7-8,10H2,1-3H3;1H/t14-;/m0./s1. The number of nitrogens with one attached hydrogen (secondary N) is 1. The Labute approximate surface area is 169 Å². The van der Waals surface area contributed by atoms with Gasteiger partial charge in [0.25, 0.3) is 5.91 Å². The molecular weight excluding hydrogens is 382 g/mol. The topological polar surface area (TPSA) is 62.5 Å². The summed E-state index contributed by atoms with van der Waals surface area (Å²) in [7, 11) is 0. The van der Waals surface area contributed by atoms with Crippen molar-refractivity contribution >= 4 is 35.3 Å². The summed E-state index contributed by atoms with van der Waals surface area (Å²) in [5, 5.41) is 6.05. The minimum absolute atomic E-state index is 0. The fraction of sp³-hybridized carbons (Fsp3) is 0.421. The molecule has 3 aromatic rings. The second-order valence-electron chi connectivity index (χ2n) is 6.97. The zero-order valence-electron chi connectivity index (χ0n) is 15.7. The Morgan fingerprint density at radius 3 is 2.89 bits per heavy atom. The molecule has 1 aliphatic heterocycles. The van der Waals surface area contributed by atoms with Gasteiger partial charge < -0.3 is 10.2 Å². The lowest BCUT2D eigenvalue weighted by Gasteiger charge is -2.31. The number of amides is 1. The number of fused-ring (bicyclic) bond motifs is 1. The number of nitrogens with zero attached hydrogens (tertiary/aromatic N) is 4. The minimum Gasteiger partial charge on any atom is -0.331 e. The third kappa shape index (κ3) is 3.59. The Morgan fingerprint density at radius 1 is 1.37 bits per heavy atom. The highest BCUT2D eigenvalue weighted by Crippen LogP contribution is 2.29. The van der Waals surface area contributed by atoms with Crippen LogP contribution in [0.25, 0.3) is 16.3 Å². The Balaban J connectivity index is 0.00000210. The molecule has 27 heavy (non-hydrogen) atoms. The summed E-state index contributed by atoms with van der Waals surface area (Å²) in [5.74, 6) is 0.0164. The highest BCUT2D eigenvalue weighted by atomic mass is 35.5. The Hall–Kier alpha value is -1.96. The minimum atomic E-state index is 0. The molecule has 0 aromatic carbocycles. The smallest absolute Gasteiger partial charge is 0.273 e. The number of aryl methyl sites for hydroxylation is 1. The van der Waals surface area contributed by atoms with Gasteiger partial charge in [-0.1, -0.05) is 6.07 Å².